The first-order chi connectivity index (χ1) is 25.8. The van der Waals surface area contributed by atoms with Gasteiger partial charge in [0, 0.05) is 115 Å². The number of hydrogen-bond acceptors (Lipinski definition) is 16. The van der Waals surface area contributed by atoms with E-state index in [0.29, 0.717) is 43.9 Å². The monoisotopic (exact) mass is 838 g/mol. The van der Waals surface area contributed by atoms with Gasteiger partial charge in [-0.1, -0.05) is 43.4 Å². The molecule has 0 spiro atoms. The van der Waals surface area contributed by atoms with Crippen LogP contribution in [0.4, 0.5) is 0 Å². The summed E-state index contributed by atoms with van der Waals surface area (Å²) in [4.78, 5) is 53.5. The van der Waals surface area contributed by atoms with E-state index in [-0.39, 0.29) is 60.3 Å². The maximum atomic E-state index is 12.4. The summed E-state index contributed by atoms with van der Waals surface area (Å²) in [5.41, 5.74) is 2.13. The average molecular weight is 839 g/mol. The van der Waals surface area contributed by atoms with Crippen molar-refractivity contribution in [3.8, 4) is 0 Å². The summed E-state index contributed by atoms with van der Waals surface area (Å²) in [7, 11) is -4.84. The van der Waals surface area contributed by atoms with Crippen molar-refractivity contribution in [2.45, 2.75) is 66.2 Å². The molecule has 4 atom stereocenters. The molecule has 2 rings (SSSR count). The largest absolute Gasteiger partial charge is 0.474 e. The van der Waals surface area contributed by atoms with Gasteiger partial charge >= 0.3 is 15.6 Å². The topological polar surface area (TPSA) is 207 Å². The van der Waals surface area contributed by atoms with Crippen molar-refractivity contribution in [1.82, 2.24) is 10.6 Å². The highest BCUT2D eigenvalue weighted by Crippen LogP contribution is 2.49. The number of rotatable bonds is 27. The number of aliphatic imine (C=N–C) groups is 2. The Labute approximate surface area is 327 Å². The molecule has 2 aliphatic rings. The third kappa shape index (κ3) is 24.3. The fourth-order valence-corrected chi connectivity index (χ4v) is 7.26. The van der Waals surface area contributed by atoms with Gasteiger partial charge in [0.25, 0.3) is 0 Å². The maximum Gasteiger partial charge on any atom is 0.474 e. The quantitative estimate of drug-likeness (QED) is 0.0519. The molecule has 0 aromatic carbocycles. The summed E-state index contributed by atoms with van der Waals surface area (Å²) in [6.45, 7) is 8.02. The molecular formula is C34H56N4O12P2S2. The molecule has 0 saturated heterocycles. The third-order valence-electron chi connectivity index (χ3n) is 7.48. The first-order valence-corrected chi connectivity index (χ1v) is 22.4. The predicted molar refractivity (Wildman–Crippen MR) is 214 cm³/mol. The van der Waals surface area contributed by atoms with E-state index in [0.717, 1.165) is 53.9 Å². The smallest absolute Gasteiger partial charge is 0.356 e. The molecule has 2 amide bonds. The van der Waals surface area contributed by atoms with Crippen LogP contribution in [0.1, 0.15) is 66.2 Å². The van der Waals surface area contributed by atoms with Crippen LogP contribution in [0.3, 0.4) is 0 Å². The van der Waals surface area contributed by atoms with E-state index < -0.39 is 15.6 Å². The van der Waals surface area contributed by atoms with Gasteiger partial charge in [0.2, 0.25) is 11.8 Å². The SMILES string of the molecule is CCC(CNC(=O)/C=C/C1=CN=CC1)COP(=O)(OC)OCCSC(C)=O.CCC(CNC(=O)CCC1=CN=CC1)COP(=O)(OC)OCCSC(C)=O. The molecule has 16 nitrogen and oxygen atoms in total. The van der Waals surface area contributed by atoms with Crippen LogP contribution in [-0.2, 0) is 55.5 Å². The number of phosphoric ester groups is 2. The number of hydrogen-bond donors (Lipinski definition) is 2. The fraction of sp³-hybridized carbons (Fsp3) is 0.647. The van der Waals surface area contributed by atoms with Crippen LogP contribution in [0.25, 0.3) is 0 Å². The summed E-state index contributed by atoms with van der Waals surface area (Å²) in [6, 6.07) is 0. The van der Waals surface area contributed by atoms with Crippen LogP contribution in [0.15, 0.2) is 45.7 Å². The second-order valence-electron chi connectivity index (χ2n) is 11.7. The molecule has 306 valence electrons. The minimum atomic E-state index is -3.67. The van der Waals surface area contributed by atoms with Crippen LogP contribution in [-0.4, -0.2) is 99.7 Å². The van der Waals surface area contributed by atoms with E-state index >= 15 is 0 Å². The number of thioether (sulfide) groups is 2. The summed E-state index contributed by atoms with van der Waals surface area (Å²) >= 11 is 2.16. The van der Waals surface area contributed by atoms with Crippen molar-refractivity contribution in [1.29, 1.82) is 0 Å². The van der Waals surface area contributed by atoms with E-state index in [9.17, 15) is 28.3 Å². The lowest BCUT2D eigenvalue weighted by Crippen LogP contribution is -2.30. The fourth-order valence-electron chi connectivity index (χ4n) is 4.11. The second-order valence-corrected chi connectivity index (χ2v) is 17.8. The molecule has 0 aromatic heterocycles. The zero-order valence-corrected chi connectivity index (χ0v) is 35.4. The van der Waals surface area contributed by atoms with Crippen LogP contribution < -0.4 is 10.6 Å². The molecule has 0 aromatic rings. The molecular weight excluding hydrogens is 782 g/mol. The molecule has 2 heterocycles. The highest BCUT2D eigenvalue weighted by molar-refractivity contribution is 8.13. The first kappa shape index (κ1) is 49.8. The van der Waals surface area contributed by atoms with Gasteiger partial charge in [-0.15, -0.1) is 0 Å². The summed E-state index contributed by atoms with van der Waals surface area (Å²) in [5.74, 6) is 0.438. The number of carbonyl (C=O) groups excluding carboxylic acids is 4. The average Bonchev–Trinajstić information content (AvgIpc) is 3.89. The summed E-state index contributed by atoms with van der Waals surface area (Å²) < 4.78 is 55.5. The molecule has 54 heavy (non-hydrogen) atoms. The summed E-state index contributed by atoms with van der Waals surface area (Å²) in [6.07, 6.45) is 14.4. The number of phosphoric acid groups is 2. The van der Waals surface area contributed by atoms with Crippen LogP contribution >= 0.6 is 39.2 Å². The number of nitrogens with zero attached hydrogens (tertiary/aromatic N) is 2. The normalized spacial score (nSPS) is 16.8. The van der Waals surface area contributed by atoms with Crippen LogP contribution in [0, 0.1) is 11.8 Å². The Bertz CT molecular complexity index is 1440. The van der Waals surface area contributed by atoms with Gasteiger partial charge in [-0.3, -0.25) is 56.3 Å². The molecule has 2 N–H and O–H groups in total. The Kier molecular flexibility index (Phi) is 26.8. The molecule has 0 aliphatic carbocycles. The standard InChI is InChI=1S/C17H29N2O6PS.C17H27N2O6PS/c2*1-4-15(12-19-17(21)6-5-16-7-8-18-11-16)13-25-26(22,23-3)24-9-10-27-14(2)20/h8,11,15H,4-7,9-10,12-13H2,1-3H3,(H,19,21);5-6,8,11,15H,4,7,9-10,12-13H2,1-3H3,(H,19,21)/b;6-5+. The minimum Gasteiger partial charge on any atom is -0.356 e. The highest BCUT2D eigenvalue weighted by Gasteiger charge is 2.27. The lowest BCUT2D eigenvalue weighted by molar-refractivity contribution is -0.121. The van der Waals surface area contributed by atoms with E-state index in [4.69, 9.17) is 27.1 Å². The van der Waals surface area contributed by atoms with Gasteiger partial charge in [-0.05, 0) is 30.4 Å². The minimum absolute atomic E-state index is 0.0124. The highest BCUT2D eigenvalue weighted by atomic mass is 32.2. The van der Waals surface area contributed by atoms with Crippen molar-refractivity contribution < 1.29 is 55.5 Å². The Morgan fingerprint density at radius 1 is 0.796 bits per heavy atom. The first-order valence-electron chi connectivity index (χ1n) is 17.6. The molecule has 0 saturated carbocycles. The van der Waals surface area contributed by atoms with Gasteiger partial charge in [-0.2, -0.15) is 0 Å². The Hall–Kier alpha value is -2.24. The van der Waals surface area contributed by atoms with Gasteiger partial charge in [-0.25, -0.2) is 9.13 Å². The van der Waals surface area contributed by atoms with Crippen LogP contribution in [0.2, 0.25) is 0 Å². The van der Waals surface area contributed by atoms with Crippen molar-refractivity contribution >= 4 is 73.6 Å². The van der Waals surface area contributed by atoms with Crippen molar-refractivity contribution in [2.24, 2.45) is 21.8 Å². The second kappa shape index (κ2) is 29.1. The van der Waals surface area contributed by atoms with Gasteiger partial charge in [0.05, 0.1) is 26.4 Å². The number of amides is 2. The molecule has 0 radical (unpaired) electrons. The van der Waals surface area contributed by atoms with Crippen LogP contribution in [0.5, 0.6) is 0 Å². The van der Waals surface area contributed by atoms with Gasteiger partial charge < -0.3 is 10.6 Å². The Morgan fingerprint density at radius 2 is 1.31 bits per heavy atom. The third-order valence-corrected chi connectivity index (χ3v) is 11.9. The predicted octanol–water partition coefficient (Wildman–Crippen LogP) is 6.45. The Morgan fingerprint density at radius 3 is 1.76 bits per heavy atom. The van der Waals surface area contributed by atoms with Gasteiger partial charge in [0.15, 0.2) is 10.2 Å². The van der Waals surface area contributed by atoms with E-state index in [1.807, 2.05) is 20.1 Å². The lowest BCUT2D eigenvalue weighted by Gasteiger charge is -2.20. The lowest BCUT2D eigenvalue weighted by atomic mass is 10.1. The molecule has 0 bridgehead atoms. The number of nitrogens with one attached hydrogen (secondary N) is 2. The van der Waals surface area contributed by atoms with E-state index in [1.54, 1.807) is 24.7 Å². The van der Waals surface area contributed by atoms with E-state index in [2.05, 4.69) is 20.6 Å². The Balaban J connectivity index is 0.000000540. The van der Waals surface area contributed by atoms with Gasteiger partial charge in [0.1, 0.15) is 0 Å². The zero-order valence-electron chi connectivity index (χ0n) is 32.0. The summed E-state index contributed by atoms with van der Waals surface area (Å²) in [5, 5.41) is 5.59. The van der Waals surface area contributed by atoms with Crippen molar-refractivity contribution in [2.75, 3.05) is 65.2 Å². The molecule has 4 unspecified atom stereocenters. The van der Waals surface area contributed by atoms with Crippen molar-refractivity contribution in [3.05, 3.63) is 35.7 Å². The molecule has 0 fully saturated rings. The maximum absolute atomic E-state index is 12.4. The molecule has 20 heteroatoms. The molecule has 2 aliphatic heterocycles. The number of carbonyl (C=O) groups is 4. The van der Waals surface area contributed by atoms with E-state index in [1.165, 1.54) is 34.1 Å². The van der Waals surface area contributed by atoms with Crippen molar-refractivity contribution in [3.63, 3.8) is 0 Å². The number of allylic oxidation sites excluding steroid dienone is 3. The zero-order chi connectivity index (χ0) is 40.2.